The standard InChI is InChI=1S/C12H11FN2O2/c13-10-3-1-9(2-4-10)12-14-6-8-15(12)7-5-11(16)17/h1-4,6,8H,5,7H2,(H,16,17). The lowest BCUT2D eigenvalue weighted by molar-refractivity contribution is -0.137. The molecular weight excluding hydrogens is 223 g/mol. The monoisotopic (exact) mass is 234 g/mol. The van der Waals surface area contributed by atoms with Crippen LogP contribution in [-0.4, -0.2) is 20.6 Å². The van der Waals surface area contributed by atoms with Gasteiger partial charge in [-0.1, -0.05) is 0 Å². The molecule has 1 aromatic carbocycles. The van der Waals surface area contributed by atoms with Crippen molar-refractivity contribution in [3.63, 3.8) is 0 Å². The van der Waals surface area contributed by atoms with Gasteiger partial charge in [0.1, 0.15) is 11.6 Å². The molecule has 17 heavy (non-hydrogen) atoms. The number of rotatable bonds is 4. The molecule has 1 N–H and O–H groups in total. The molecule has 0 aliphatic carbocycles. The molecule has 0 saturated carbocycles. The van der Waals surface area contributed by atoms with E-state index < -0.39 is 5.97 Å². The highest BCUT2D eigenvalue weighted by Crippen LogP contribution is 2.17. The topological polar surface area (TPSA) is 55.1 Å². The smallest absolute Gasteiger partial charge is 0.305 e. The van der Waals surface area contributed by atoms with E-state index in [9.17, 15) is 9.18 Å². The van der Waals surface area contributed by atoms with Crippen LogP contribution in [0.3, 0.4) is 0 Å². The lowest BCUT2D eigenvalue weighted by Crippen LogP contribution is -2.05. The molecule has 0 saturated heterocycles. The van der Waals surface area contributed by atoms with E-state index in [1.54, 1.807) is 29.1 Å². The third-order valence-electron chi connectivity index (χ3n) is 2.38. The first-order valence-corrected chi connectivity index (χ1v) is 5.15. The number of aromatic nitrogens is 2. The van der Waals surface area contributed by atoms with Crippen LogP contribution in [0.4, 0.5) is 4.39 Å². The fourth-order valence-corrected chi connectivity index (χ4v) is 1.57. The van der Waals surface area contributed by atoms with Crippen LogP contribution in [0.25, 0.3) is 11.4 Å². The Bertz CT molecular complexity index is 520. The van der Waals surface area contributed by atoms with Crippen molar-refractivity contribution in [1.29, 1.82) is 0 Å². The van der Waals surface area contributed by atoms with E-state index in [0.29, 0.717) is 12.4 Å². The Morgan fingerprint density at radius 2 is 2.06 bits per heavy atom. The normalized spacial score (nSPS) is 10.4. The molecule has 2 rings (SSSR count). The van der Waals surface area contributed by atoms with Crippen LogP contribution in [0.2, 0.25) is 0 Å². The molecule has 5 heteroatoms. The molecule has 0 unspecified atom stereocenters. The third-order valence-corrected chi connectivity index (χ3v) is 2.38. The van der Waals surface area contributed by atoms with Gasteiger partial charge in [0, 0.05) is 24.5 Å². The number of aryl methyl sites for hydroxylation is 1. The van der Waals surface area contributed by atoms with Crippen LogP contribution in [0.5, 0.6) is 0 Å². The Morgan fingerprint density at radius 1 is 1.35 bits per heavy atom. The van der Waals surface area contributed by atoms with Crippen molar-refractivity contribution in [1.82, 2.24) is 9.55 Å². The Labute approximate surface area is 97.3 Å². The average Bonchev–Trinajstić information content (AvgIpc) is 2.75. The zero-order chi connectivity index (χ0) is 12.3. The van der Waals surface area contributed by atoms with Crippen molar-refractivity contribution < 1.29 is 14.3 Å². The molecule has 1 heterocycles. The molecule has 0 atom stereocenters. The molecule has 0 spiro atoms. The number of halogens is 1. The quantitative estimate of drug-likeness (QED) is 0.881. The minimum absolute atomic E-state index is 0.0323. The van der Waals surface area contributed by atoms with Crippen molar-refractivity contribution >= 4 is 5.97 Å². The van der Waals surface area contributed by atoms with Gasteiger partial charge in [0.05, 0.1) is 6.42 Å². The Kier molecular flexibility index (Phi) is 3.18. The second-order valence-corrected chi connectivity index (χ2v) is 3.59. The minimum Gasteiger partial charge on any atom is -0.481 e. The molecule has 0 aliphatic heterocycles. The van der Waals surface area contributed by atoms with Gasteiger partial charge in [0.15, 0.2) is 0 Å². The Balaban J connectivity index is 2.24. The summed E-state index contributed by atoms with van der Waals surface area (Å²) in [6.45, 7) is 0.349. The van der Waals surface area contributed by atoms with Crippen LogP contribution in [-0.2, 0) is 11.3 Å². The molecule has 88 valence electrons. The van der Waals surface area contributed by atoms with E-state index >= 15 is 0 Å². The molecule has 4 nitrogen and oxygen atoms in total. The Morgan fingerprint density at radius 3 is 2.71 bits per heavy atom. The summed E-state index contributed by atoms with van der Waals surface area (Å²) in [5.74, 6) is -0.521. The average molecular weight is 234 g/mol. The van der Waals surface area contributed by atoms with Crippen LogP contribution >= 0.6 is 0 Å². The van der Waals surface area contributed by atoms with E-state index in [4.69, 9.17) is 5.11 Å². The molecule has 2 aromatic rings. The van der Waals surface area contributed by atoms with E-state index in [-0.39, 0.29) is 12.2 Å². The highest BCUT2D eigenvalue weighted by molar-refractivity contribution is 5.66. The van der Waals surface area contributed by atoms with Gasteiger partial charge in [-0.15, -0.1) is 0 Å². The fourth-order valence-electron chi connectivity index (χ4n) is 1.57. The summed E-state index contributed by atoms with van der Waals surface area (Å²) in [5, 5.41) is 8.63. The molecule has 0 radical (unpaired) electrons. The number of benzene rings is 1. The first-order valence-electron chi connectivity index (χ1n) is 5.15. The Hall–Kier alpha value is -2.17. The summed E-state index contributed by atoms with van der Waals surface area (Å²) in [6.07, 6.45) is 3.34. The third kappa shape index (κ3) is 2.69. The van der Waals surface area contributed by atoms with Crippen LogP contribution < -0.4 is 0 Å². The first-order chi connectivity index (χ1) is 8.16. The van der Waals surface area contributed by atoms with Gasteiger partial charge < -0.3 is 9.67 Å². The van der Waals surface area contributed by atoms with E-state index in [1.165, 1.54) is 12.1 Å². The highest BCUT2D eigenvalue weighted by Gasteiger charge is 2.07. The molecule has 0 amide bonds. The maximum Gasteiger partial charge on any atom is 0.305 e. The van der Waals surface area contributed by atoms with Gasteiger partial charge in [-0.25, -0.2) is 9.37 Å². The zero-order valence-corrected chi connectivity index (χ0v) is 9.01. The van der Waals surface area contributed by atoms with E-state index in [0.717, 1.165) is 5.56 Å². The number of hydrogen-bond acceptors (Lipinski definition) is 2. The van der Waals surface area contributed by atoms with Gasteiger partial charge in [0.25, 0.3) is 0 Å². The number of imidazole rings is 1. The number of hydrogen-bond donors (Lipinski definition) is 1. The maximum absolute atomic E-state index is 12.8. The molecule has 1 aromatic heterocycles. The summed E-state index contributed by atoms with van der Waals surface area (Å²) < 4.78 is 14.5. The second-order valence-electron chi connectivity index (χ2n) is 3.59. The fraction of sp³-hybridized carbons (Fsp3) is 0.167. The van der Waals surface area contributed by atoms with Gasteiger partial charge in [-0.3, -0.25) is 4.79 Å². The summed E-state index contributed by atoms with van der Waals surface area (Å²) >= 11 is 0. The first kappa shape index (κ1) is 11.3. The summed E-state index contributed by atoms with van der Waals surface area (Å²) in [5.41, 5.74) is 0.766. The SMILES string of the molecule is O=C(O)CCn1ccnc1-c1ccc(F)cc1. The molecular formula is C12H11FN2O2. The number of aliphatic carboxylic acids is 1. The molecule has 0 fully saturated rings. The number of carbonyl (C=O) groups is 1. The lowest BCUT2D eigenvalue weighted by Gasteiger charge is -2.06. The predicted octanol–water partition coefficient (Wildman–Crippen LogP) is 2.16. The van der Waals surface area contributed by atoms with E-state index in [2.05, 4.69) is 4.98 Å². The van der Waals surface area contributed by atoms with E-state index in [1.807, 2.05) is 0 Å². The van der Waals surface area contributed by atoms with Crippen LogP contribution in [0.1, 0.15) is 6.42 Å². The van der Waals surface area contributed by atoms with Gasteiger partial charge >= 0.3 is 5.97 Å². The summed E-state index contributed by atoms with van der Waals surface area (Å²) in [6, 6.07) is 5.95. The molecule has 0 bridgehead atoms. The van der Waals surface area contributed by atoms with Crippen molar-refractivity contribution in [3.8, 4) is 11.4 Å². The van der Waals surface area contributed by atoms with Gasteiger partial charge in [0.2, 0.25) is 0 Å². The van der Waals surface area contributed by atoms with Crippen molar-refractivity contribution in [2.45, 2.75) is 13.0 Å². The van der Waals surface area contributed by atoms with Crippen LogP contribution in [0.15, 0.2) is 36.7 Å². The minimum atomic E-state index is -0.858. The number of nitrogens with zero attached hydrogens (tertiary/aromatic N) is 2. The van der Waals surface area contributed by atoms with Gasteiger partial charge in [-0.05, 0) is 24.3 Å². The maximum atomic E-state index is 12.8. The number of carboxylic acids is 1. The van der Waals surface area contributed by atoms with Crippen molar-refractivity contribution in [2.75, 3.05) is 0 Å². The summed E-state index contributed by atoms with van der Waals surface area (Å²) in [4.78, 5) is 14.6. The zero-order valence-electron chi connectivity index (χ0n) is 9.01. The van der Waals surface area contributed by atoms with Gasteiger partial charge in [-0.2, -0.15) is 0 Å². The van der Waals surface area contributed by atoms with Crippen molar-refractivity contribution in [2.24, 2.45) is 0 Å². The second kappa shape index (κ2) is 4.78. The highest BCUT2D eigenvalue weighted by atomic mass is 19.1. The van der Waals surface area contributed by atoms with Crippen LogP contribution in [0, 0.1) is 5.82 Å². The van der Waals surface area contributed by atoms with Crippen molar-refractivity contribution in [3.05, 3.63) is 42.5 Å². The summed E-state index contributed by atoms with van der Waals surface area (Å²) in [7, 11) is 0. The largest absolute Gasteiger partial charge is 0.481 e. The number of carboxylic acid groups (broad SMARTS) is 1. The predicted molar refractivity (Wildman–Crippen MR) is 59.9 cm³/mol. The lowest BCUT2D eigenvalue weighted by atomic mass is 10.2. The molecule has 0 aliphatic rings.